The summed E-state index contributed by atoms with van der Waals surface area (Å²) in [7, 11) is 0. The second kappa shape index (κ2) is 8.73. The largest absolute Gasteiger partial charge is 0.370 e. The van der Waals surface area contributed by atoms with Gasteiger partial charge in [-0.2, -0.15) is 0 Å². The summed E-state index contributed by atoms with van der Waals surface area (Å²) in [5.41, 5.74) is 5.98. The highest BCUT2D eigenvalue weighted by molar-refractivity contribution is 5.76. The Bertz CT molecular complexity index is 443. The van der Waals surface area contributed by atoms with Crippen molar-refractivity contribution < 1.29 is 4.79 Å². The maximum Gasteiger partial charge on any atom is 0.220 e. The Labute approximate surface area is 133 Å². The average Bonchev–Trinajstić information content (AvgIpc) is 2.56. The lowest BCUT2D eigenvalue weighted by Crippen LogP contribution is -2.39. The normalized spacial score (nSPS) is 17.0. The first-order chi connectivity index (χ1) is 10.7. The van der Waals surface area contributed by atoms with Crippen molar-refractivity contribution in [2.45, 2.75) is 44.9 Å². The van der Waals surface area contributed by atoms with Crippen molar-refractivity contribution in [1.82, 2.24) is 10.3 Å². The van der Waals surface area contributed by atoms with Gasteiger partial charge in [-0.15, -0.1) is 0 Å². The lowest BCUT2D eigenvalue weighted by molar-refractivity contribution is -0.123. The van der Waals surface area contributed by atoms with Crippen LogP contribution in [0.25, 0.3) is 0 Å². The van der Waals surface area contributed by atoms with Crippen LogP contribution in [0.5, 0.6) is 0 Å². The minimum absolute atomic E-state index is 0.0501. The third kappa shape index (κ3) is 5.30. The molecule has 0 unspecified atom stereocenters. The molecule has 22 heavy (non-hydrogen) atoms. The van der Waals surface area contributed by atoms with Gasteiger partial charge in [-0.25, -0.2) is 4.98 Å². The first-order valence-corrected chi connectivity index (χ1v) is 8.36. The fraction of sp³-hybridized carbons (Fsp3) is 0.647. The SMILES string of the molecule is NCC1(CC(=O)NCCCNc2ccccn2)CCCCC1. The highest BCUT2D eigenvalue weighted by atomic mass is 16.1. The summed E-state index contributed by atoms with van der Waals surface area (Å²) < 4.78 is 0. The summed E-state index contributed by atoms with van der Waals surface area (Å²) in [4.78, 5) is 16.3. The van der Waals surface area contributed by atoms with Crippen LogP contribution in [-0.2, 0) is 4.79 Å². The van der Waals surface area contributed by atoms with Crippen LogP contribution in [0, 0.1) is 5.41 Å². The highest BCUT2D eigenvalue weighted by Crippen LogP contribution is 2.38. The molecule has 1 amide bonds. The van der Waals surface area contributed by atoms with Crippen LogP contribution in [0.4, 0.5) is 5.82 Å². The van der Waals surface area contributed by atoms with Gasteiger partial charge in [-0.1, -0.05) is 25.3 Å². The van der Waals surface area contributed by atoms with Crippen LogP contribution in [0.1, 0.15) is 44.9 Å². The van der Waals surface area contributed by atoms with Crippen LogP contribution >= 0.6 is 0 Å². The van der Waals surface area contributed by atoms with E-state index in [2.05, 4.69) is 15.6 Å². The maximum atomic E-state index is 12.1. The van der Waals surface area contributed by atoms with Crippen LogP contribution < -0.4 is 16.4 Å². The molecule has 1 aliphatic carbocycles. The second-order valence-corrected chi connectivity index (χ2v) is 6.29. The van der Waals surface area contributed by atoms with Gasteiger partial charge in [-0.3, -0.25) is 4.79 Å². The molecule has 1 aromatic heterocycles. The van der Waals surface area contributed by atoms with Crippen molar-refractivity contribution >= 4 is 11.7 Å². The van der Waals surface area contributed by atoms with E-state index in [0.29, 0.717) is 19.5 Å². The number of hydrogen-bond acceptors (Lipinski definition) is 4. The summed E-state index contributed by atoms with van der Waals surface area (Å²) in [5, 5.41) is 6.26. The molecule has 5 nitrogen and oxygen atoms in total. The average molecular weight is 304 g/mol. The predicted octanol–water partition coefficient (Wildman–Crippen LogP) is 2.30. The predicted molar refractivity (Wildman–Crippen MR) is 89.5 cm³/mol. The molecular weight excluding hydrogens is 276 g/mol. The van der Waals surface area contributed by atoms with Gasteiger partial charge in [0.1, 0.15) is 5.82 Å². The molecule has 0 saturated heterocycles. The molecule has 4 N–H and O–H groups in total. The van der Waals surface area contributed by atoms with Gasteiger partial charge >= 0.3 is 0 Å². The Morgan fingerprint density at radius 2 is 2.05 bits per heavy atom. The van der Waals surface area contributed by atoms with E-state index in [1.165, 1.54) is 19.3 Å². The van der Waals surface area contributed by atoms with E-state index in [1.807, 2.05) is 18.2 Å². The highest BCUT2D eigenvalue weighted by Gasteiger charge is 2.32. The fourth-order valence-corrected chi connectivity index (χ4v) is 3.16. The minimum Gasteiger partial charge on any atom is -0.370 e. The summed E-state index contributed by atoms with van der Waals surface area (Å²) in [5.74, 6) is 1.02. The van der Waals surface area contributed by atoms with Gasteiger partial charge in [0.05, 0.1) is 0 Å². The zero-order valence-corrected chi connectivity index (χ0v) is 13.3. The van der Waals surface area contributed by atoms with E-state index >= 15 is 0 Å². The van der Waals surface area contributed by atoms with E-state index in [-0.39, 0.29) is 11.3 Å². The molecule has 0 aromatic carbocycles. The molecular formula is C17H28N4O. The van der Waals surface area contributed by atoms with Crippen molar-refractivity contribution in [2.24, 2.45) is 11.1 Å². The van der Waals surface area contributed by atoms with Crippen molar-refractivity contribution in [3.63, 3.8) is 0 Å². The number of amides is 1. The zero-order valence-electron chi connectivity index (χ0n) is 13.3. The summed E-state index contributed by atoms with van der Waals surface area (Å²) in [6, 6.07) is 5.78. The maximum absolute atomic E-state index is 12.1. The lowest BCUT2D eigenvalue weighted by atomic mass is 9.71. The van der Waals surface area contributed by atoms with Crippen LogP contribution in [-0.4, -0.2) is 30.5 Å². The second-order valence-electron chi connectivity index (χ2n) is 6.29. The first-order valence-electron chi connectivity index (χ1n) is 8.36. The molecule has 1 fully saturated rings. The van der Waals surface area contributed by atoms with Gasteiger partial charge in [0, 0.05) is 25.7 Å². The molecule has 0 spiro atoms. The Morgan fingerprint density at radius 1 is 1.23 bits per heavy atom. The van der Waals surface area contributed by atoms with E-state index in [0.717, 1.165) is 31.6 Å². The number of carbonyl (C=O) groups excluding carboxylic acids is 1. The zero-order chi connectivity index (χ0) is 15.7. The van der Waals surface area contributed by atoms with E-state index in [4.69, 9.17) is 5.73 Å². The molecule has 2 rings (SSSR count). The van der Waals surface area contributed by atoms with Gasteiger partial charge in [-0.05, 0) is 43.4 Å². The standard InChI is InChI=1S/C17H28N4O/c18-14-17(8-3-1-4-9-17)13-16(22)21-12-6-11-20-15-7-2-5-10-19-15/h2,5,7,10H,1,3-4,6,8-9,11-14,18H2,(H,19,20)(H,21,22). The Balaban J connectivity index is 1.61. The number of nitrogens with zero attached hydrogens (tertiary/aromatic N) is 1. The van der Waals surface area contributed by atoms with Crippen molar-refractivity contribution in [1.29, 1.82) is 0 Å². The van der Waals surface area contributed by atoms with Crippen molar-refractivity contribution in [2.75, 3.05) is 25.0 Å². The third-order valence-electron chi connectivity index (χ3n) is 4.53. The molecule has 5 heteroatoms. The van der Waals surface area contributed by atoms with E-state index in [9.17, 15) is 4.79 Å². The monoisotopic (exact) mass is 304 g/mol. The Hall–Kier alpha value is -1.62. The molecule has 1 aliphatic rings. The Kier molecular flexibility index (Phi) is 6.65. The molecule has 0 bridgehead atoms. The first kappa shape index (κ1) is 16.7. The number of anilines is 1. The molecule has 1 aromatic rings. The number of rotatable bonds is 8. The summed E-state index contributed by atoms with van der Waals surface area (Å²) in [6.07, 6.45) is 9.12. The smallest absolute Gasteiger partial charge is 0.220 e. The molecule has 122 valence electrons. The minimum atomic E-state index is 0.0501. The van der Waals surface area contributed by atoms with E-state index < -0.39 is 0 Å². The summed E-state index contributed by atoms with van der Waals surface area (Å²) in [6.45, 7) is 2.13. The number of aromatic nitrogens is 1. The lowest BCUT2D eigenvalue weighted by Gasteiger charge is -2.35. The number of hydrogen-bond donors (Lipinski definition) is 3. The number of pyridine rings is 1. The number of nitrogens with two attached hydrogens (primary N) is 1. The molecule has 0 radical (unpaired) electrons. The van der Waals surface area contributed by atoms with Crippen molar-refractivity contribution in [3.05, 3.63) is 24.4 Å². The Morgan fingerprint density at radius 3 is 2.73 bits per heavy atom. The van der Waals surface area contributed by atoms with Crippen LogP contribution in [0.3, 0.4) is 0 Å². The topological polar surface area (TPSA) is 80.0 Å². The van der Waals surface area contributed by atoms with Crippen LogP contribution in [0.2, 0.25) is 0 Å². The molecule has 0 atom stereocenters. The fourth-order valence-electron chi connectivity index (χ4n) is 3.16. The third-order valence-corrected chi connectivity index (χ3v) is 4.53. The van der Waals surface area contributed by atoms with Gasteiger partial charge < -0.3 is 16.4 Å². The summed E-state index contributed by atoms with van der Waals surface area (Å²) >= 11 is 0. The van der Waals surface area contributed by atoms with Gasteiger partial charge in [0.2, 0.25) is 5.91 Å². The van der Waals surface area contributed by atoms with Crippen molar-refractivity contribution in [3.8, 4) is 0 Å². The molecule has 0 aliphatic heterocycles. The number of nitrogens with one attached hydrogen (secondary N) is 2. The van der Waals surface area contributed by atoms with E-state index in [1.54, 1.807) is 6.20 Å². The molecule has 1 heterocycles. The number of carbonyl (C=O) groups is 1. The molecule has 1 saturated carbocycles. The van der Waals surface area contributed by atoms with Gasteiger partial charge in [0.25, 0.3) is 0 Å². The quantitative estimate of drug-likeness (QED) is 0.644. The van der Waals surface area contributed by atoms with Crippen LogP contribution in [0.15, 0.2) is 24.4 Å². The van der Waals surface area contributed by atoms with Gasteiger partial charge in [0.15, 0.2) is 0 Å².